The molecule has 0 spiro atoms. The predicted octanol–water partition coefficient (Wildman–Crippen LogP) is 3.09. The molecule has 2 heterocycles. The lowest BCUT2D eigenvalue weighted by molar-refractivity contribution is 0.430. The molecule has 0 aliphatic rings. The van der Waals surface area contributed by atoms with Gasteiger partial charge < -0.3 is 10.1 Å². The highest BCUT2D eigenvalue weighted by molar-refractivity contribution is 5.55. The van der Waals surface area contributed by atoms with Gasteiger partial charge in [-0.3, -0.25) is 4.40 Å². The van der Waals surface area contributed by atoms with Crippen LogP contribution in [0.3, 0.4) is 0 Å². The number of aromatic nitrogens is 3. The van der Waals surface area contributed by atoms with Crippen LogP contribution in [-0.4, -0.2) is 20.9 Å². The first-order valence-electron chi connectivity index (χ1n) is 6.28. The normalized spacial score (nSPS) is 10.7. The van der Waals surface area contributed by atoms with Gasteiger partial charge >= 0.3 is 0 Å². The Morgan fingerprint density at radius 3 is 3.00 bits per heavy atom. The van der Waals surface area contributed by atoms with E-state index < -0.39 is 5.82 Å². The summed E-state index contributed by atoms with van der Waals surface area (Å²) < 4.78 is 21.0. The lowest BCUT2D eigenvalue weighted by Gasteiger charge is -2.09. The zero-order valence-electron chi connectivity index (χ0n) is 10.9. The highest BCUT2D eigenvalue weighted by Crippen LogP contribution is 2.26. The minimum Gasteiger partial charge on any atom is -0.433 e. The fraction of sp³-hybridized carbons (Fsp3) is 0.143. The third kappa shape index (κ3) is 2.27. The van der Waals surface area contributed by atoms with Gasteiger partial charge in [0.15, 0.2) is 11.6 Å². The molecule has 3 rings (SSSR count). The van der Waals surface area contributed by atoms with Crippen LogP contribution in [-0.2, 0) is 0 Å². The van der Waals surface area contributed by atoms with E-state index in [4.69, 9.17) is 4.74 Å². The molecule has 0 atom stereocenters. The zero-order valence-corrected chi connectivity index (χ0v) is 10.9. The molecule has 0 bridgehead atoms. The number of fused-ring (bicyclic) bond motifs is 1. The lowest BCUT2D eigenvalue weighted by Crippen LogP contribution is -2.03. The molecule has 1 N–H and O–H groups in total. The Morgan fingerprint density at radius 2 is 2.20 bits per heavy atom. The van der Waals surface area contributed by atoms with Crippen molar-refractivity contribution in [1.29, 1.82) is 0 Å². The molecule has 0 fully saturated rings. The quantitative estimate of drug-likeness (QED) is 0.793. The van der Waals surface area contributed by atoms with Gasteiger partial charge in [0.05, 0.1) is 6.20 Å². The molecule has 0 aliphatic carbocycles. The fourth-order valence-corrected chi connectivity index (χ4v) is 1.87. The van der Waals surface area contributed by atoms with Gasteiger partial charge in [0.25, 0.3) is 5.88 Å². The van der Waals surface area contributed by atoms with E-state index in [1.54, 1.807) is 41.2 Å². The van der Waals surface area contributed by atoms with Crippen LogP contribution >= 0.6 is 0 Å². The second kappa shape index (κ2) is 5.16. The molecule has 1 aromatic carbocycles. The maximum atomic E-state index is 13.7. The van der Waals surface area contributed by atoms with Gasteiger partial charge in [0.1, 0.15) is 5.82 Å². The van der Waals surface area contributed by atoms with E-state index in [0.717, 1.165) is 6.54 Å². The summed E-state index contributed by atoms with van der Waals surface area (Å²) in [7, 11) is 0. The molecule has 102 valence electrons. The van der Waals surface area contributed by atoms with Crippen molar-refractivity contribution in [2.24, 2.45) is 0 Å². The van der Waals surface area contributed by atoms with Crippen LogP contribution in [0.15, 0.2) is 42.9 Å². The first-order valence-corrected chi connectivity index (χ1v) is 6.28. The first-order chi connectivity index (χ1) is 9.78. The Labute approximate surface area is 115 Å². The average Bonchev–Trinajstić information content (AvgIpc) is 2.90. The van der Waals surface area contributed by atoms with Crippen LogP contribution in [0.2, 0.25) is 0 Å². The van der Waals surface area contributed by atoms with E-state index in [9.17, 15) is 4.39 Å². The number of hydrogen-bond donors (Lipinski definition) is 1. The number of imidazole rings is 1. The number of para-hydroxylation sites is 1. The predicted molar refractivity (Wildman–Crippen MR) is 73.6 cm³/mol. The Balaban J connectivity index is 2.05. The van der Waals surface area contributed by atoms with E-state index in [1.807, 2.05) is 6.92 Å². The summed E-state index contributed by atoms with van der Waals surface area (Å²) in [6.07, 6.45) is 5.23. The summed E-state index contributed by atoms with van der Waals surface area (Å²) in [5, 5.41) is 3.10. The van der Waals surface area contributed by atoms with Gasteiger partial charge in [0, 0.05) is 18.9 Å². The SMILES string of the molecule is CCNc1cn2ccnc2c(Oc2ccccc2F)n1. The minimum atomic E-state index is -0.437. The largest absolute Gasteiger partial charge is 0.433 e. The highest BCUT2D eigenvalue weighted by atomic mass is 19.1. The number of anilines is 1. The molecule has 5 nitrogen and oxygen atoms in total. The Bertz CT molecular complexity index is 741. The van der Waals surface area contributed by atoms with Crippen LogP contribution < -0.4 is 10.1 Å². The van der Waals surface area contributed by atoms with Crippen molar-refractivity contribution in [1.82, 2.24) is 14.4 Å². The Hall–Kier alpha value is -2.63. The van der Waals surface area contributed by atoms with Gasteiger partial charge in [-0.1, -0.05) is 12.1 Å². The molecule has 3 aromatic rings. The fourth-order valence-electron chi connectivity index (χ4n) is 1.87. The summed E-state index contributed by atoms with van der Waals surface area (Å²) in [5.74, 6) is 0.592. The molecule has 0 aliphatic heterocycles. The molecular weight excluding hydrogens is 259 g/mol. The molecule has 6 heteroatoms. The summed E-state index contributed by atoms with van der Waals surface area (Å²) >= 11 is 0. The maximum Gasteiger partial charge on any atom is 0.265 e. The topological polar surface area (TPSA) is 51.5 Å². The van der Waals surface area contributed by atoms with Gasteiger partial charge in [-0.05, 0) is 19.1 Å². The van der Waals surface area contributed by atoms with Crippen LogP contribution in [0.25, 0.3) is 5.65 Å². The van der Waals surface area contributed by atoms with Crippen molar-refractivity contribution in [3.05, 3.63) is 48.7 Å². The molecular formula is C14H13FN4O. The summed E-state index contributed by atoms with van der Waals surface area (Å²) in [6, 6.07) is 6.20. The van der Waals surface area contributed by atoms with Crippen molar-refractivity contribution in [3.63, 3.8) is 0 Å². The Kier molecular flexibility index (Phi) is 3.20. The van der Waals surface area contributed by atoms with E-state index in [2.05, 4.69) is 15.3 Å². The van der Waals surface area contributed by atoms with Gasteiger partial charge in [-0.25, -0.2) is 9.37 Å². The number of hydrogen-bond acceptors (Lipinski definition) is 4. The van der Waals surface area contributed by atoms with Crippen molar-refractivity contribution in [3.8, 4) is 11.6 Å². The summed E-state index contributed by atoms with van der Waals surface area (Å²) in [5.41, 5.74) is 0.537. The van der Waals surface area contributed by atoms with Gasteiger partial charge in [-0.2, -0.15) is 4.98 Å². The van der Waals surface area contributed by atoms with Crippen LogP contribution in [0, 0.1) is 5.82 Å². The van der Waals surface area contributed by atoms with Crippen molar-refractivity contribution in [2.75, 3.05) is 11.9 Å². The van der Waals surface area contributed by atoms with E-state index in [1.165, 1.54) is 6.07 Å². The standard InChI is InChI=1S/C14H13FN4O/c1-2-16-12-9-19-8-7-17-13(19)14(18-12)20-11-6-4-3-5-10(11)15/h3-9,16H,2H2,1H3. The average molecular weight is 272 g/mol. The first kappa shape index (κ1) is 12.4. The summed E-state index contributed by atoms with van der Waals surface area (Å²) in [6.45, 7) is 2.70. The second-order valence-corrected chi connectivity index (χ2v) is 4.15. The number of halogens is 1. The highest BCUT2D eigenvalue weighted by Gasteiger charge is 2.11. The van der Waals surface area contributed by atoms with E-state index in [0.29, 0.717) is 11.5 Å². The molecule has 0 unspecified atom stereocenters. The third-order valence-corrected chi connectivity index (χ3v) is 2.74. The Morgan fingerprint density at radius 1 is 1.35 bits per heavy atom. The van der Waals surface area contributed by atoms with Crippen LogP contribution in [0.5, 0.6) is 11.6 Å². The molecule has 20 heavy (non-hydrogen) atoms. The summed E-state index contributed by atoms with van der Waals surface area (Å²) in [4.78, 5) is 8.49. The maximum absolute atomic E-state index is 13.7. The van der Waals surface area contributed by atoms with Crippen LogP contribution in [0.1, 0.15) is 6.92 Å². The molecule has 0 saturated heterocycles. The smallest absolute Gasteiger partial charge is 0.265 e. The number of benzene rings is 1. The number of ether oxygens (including phenoxy) is 1. The molecule has 0 amide bonds. The minimum absolute atomic E-state index is 0.124. The second-order valence-electron chi connectivity index (χ2n) is 4.15. The van der Waals surface area contributed by atoms with Crippen molar-refractivity contribution < 1.29 is 9.13 Å². The van der Waals surface area contributed by atoms with Crippen LogP contribution in [0.4, 0.5) is 10.2 Å². The van der Waals surface area contributed by atoms with E-state index >= 15 is 0 Å². The van der Waals surface area contributed by atoms with Crippen molar-refractivity contribution >= 4 is 11.5 Å². The molecule has 0 saturated carbocycles. The number of nitrogens with one attached hydrogen (secondary N) is 1. The van der Waals surface area contributed by atoms with Gasteiger partial charge in [-0.15, -0.1) is 0 Å². The molecule has 2 aromatic heterocycles. The third-order valence-electron chi connectivity index (χ3n) is 2.74. The lowest BCUT2D eigenvalue weighted by atomic mass is 10.3. The zero-order chi connectivity index (χ0) is 13.9. The molecule has 0 radical (unpaired) electrons. The number of rotatable bonds is 4. The monoisotopic (exact) mass is 272 g/mol. The number of nitrogens with zero attached hydrogens (tertiary/aromatic N) is 3. The van der Waals surface area contributed by atoms with Crippen molar-refractivity contribution in [2.45, 2.75) is 6.92 Å². The van der Waals surface area contributed by atoms with Gasteiger partial charge in [0.2, 0.25) is 5.65 Å². The van der Waals surface area contributed by atoms with E-state index in [-0.39, 0.29) is 11.6 Å².